The molecule has 2 aromatic rings. The van der Waals surface area contributed by atoms with Crippen LogP contribution in [0, 0.1) is 0 Å². The molecular weight excluding hydrogens is 304 g/mol. The summed E-state index contributed by atoms with van der Waals surface area (Å²) >= 11 is 0. The van der Waals surface area contributed by atoms with E-state index in [4.69, 9.17) is 14.6 Å². The molecule has 124 valence electrons. The van der Waals surface area contributed by atoms with Gasteiger partial charge in [-0.1, -0.05) is 54.6 Å². The van der Waals surface area contributed by atoms with E-state index in [1.165, 1.54) is 28.3 Å². The topological polar surface area (TPSA) is 55.8 Å². The summed E-state index contributed by atoms with van der Waals surface area (Å²) in [5, 5.41) is 8.72. The second kappa shape index (κ2) is 7.32. The predicted molar refractivity (Wildman–Crippen MR) is 91.8 cm³/mol. The van der Waals surface area contributed by atoms with Crippen molar-refractivity contribution in [1.29, 1.82) is 0 Å². The number of ether oxygens (including phenoxy) is 2. The summed E-state index contributed by atoms with van der Waals surface area (Å²) in [4.78, 5) is 11.9. The van der Waals surface area contributed by atoms with Gasteiger partial charge in [0.15, 0.2) is 0 Å². The highest BCUT2D eigenvalue weighted by Gasteiger charge is 2.29. The summed E-state index contributed by atoms with van der Waals surface area (Å²) in [6.45, 7) is 1.87. The van der Waals surface area contributed by atoms with Gasteiger partial charge in [0, 0.05) is 5.92 Å². The number of rotatable bonds is 5. The molecule has 0 saturated carbocycles. The Hall–Kier alpha value is -2.59. The highest BCUT2D eigenvalue weighted by atomic mass is 16.7. The van der Waals surface area contributed by atoms with Crippen molar-refractivity contribution in [3.63, 3.8) is 0 Å². The molecule has 0 unspecified atom stereocenters. The lowest BCUT2D eigenvalue weighted by atomic mass is 9.98. The van der Waals surface area contributed by atoms with Crippen molar-refractivity contribution < 1.29 is 19.4 Å². The average molecular weight is 324 g/mol. The fourth-order valence-electron chi connectivity index (χ4n) is 3.07. The Labute approximate surface area is 141 Å². The molecule has 0 spiro atoms. The van der Waals surface area contributed by atoms with Gasteiger partial charge in [-0.3, -0.25) is 0 Å². The zero-order valence-corrected chi connectivity index (χ0v) is 13.5. The van der Waals surface area contributed by atoms with E-state index in [9.17, 15) is 4.79 Å². The van der Waals surface area contributed by atoms with E-state index in [0.717, 1.165) is 0 Å². The highest BCUT2D eigenvalue weighted by Crippen LogP contribution is 2.44. The van der Waals surface area contributed by atoms with Crippen molar-refractivity contribution in [1.82, 2.24) is 0 Å². The molecule has 0 radical (unpaired) electrons. The van der Waals surface area contributed by atoms with Crippen LogP contribution in [0.5, 0.6) is 0 Å². The number of aliphatic hydroxyl groups is 1. The van der Waals surface area contributed by atoms with Gasteiger partial charge < -0.3 is 14.6 Å². The quantitative estimate of drug-likeness (QED) is 0.670. The van der Waals surface area contributed by atoms with Crippen LogP contribution >= 0.6 is 0 Å². The molecule has 3 rings (SSSR count). The van der Waals surface area contributed by atoms with Crippen molar-refractivity contribution in [2.75, 3.05) is 13.2 Å². The molecule has 1 N–H and O–H groups in total. The van der Waals surface area contributed by atoms with Crippen molar-refractivity contribution >= 4 is 6.16 Å². The maximum atomic E-state index is 11.9. The van der Waals surface area contributed by atoms with E-state index >= 15 is 0 Å². The number of hydrogen-bond acceptors (Lipinski definition) is 4. The van der Waals surface area contributed by atoms with Crippen LogP contribution in [0.3, 0.4) is 0 Å². The number of benzene rings is 2. The summed E-state index contributed by atoms with van der Waals surface area (Å²) in [5.41, 5.74) is 4.71. The van der Waals surface area contributed by atoms with E-state index in [0.29, 0.717) is 0 Å². The third-order valence-corrected chi connectivity index (χ3v) is 4.13. The second-order valence-electron chi connectivity index (χ2n) is 5.72. The van der Waals surface area contributed by atoms with Crippen LogP contribution in [0.2, 0.25) is 0 Å². The minimum Gasteiger partial charge on any atom is -0.433 e. The Morgan fingerprint density at radius 2 is 1.71 bits per heavy atom. The van der Waals surface area contributed by atoms with Gasteiger partial charge in [0.25, 0.3) is 0 Å². The number of carbonyl (C=O) groups is 1. The van der Waals surface area contributed by atoms with Crippen LogP contribution in [0.25, 0.3) is 11.1 Å². The molecule has 0 fully saturated rings. The summed E-state index contributed by atoms with van der Waals surface area (Å²) in [5.74, 6) is 0.0215. The van der Waals surface area contributed by atoms with Gasteiger partial charge in [-0.15, -0.1) is 0 Å². The predicted octanol–water partition coefficient (Wildman–Crippen LogP) is 3.89. The third kappa shape index (κ3) is 3.34. The number of fused-ring (bicyclic) bond motifs is 3. The first-order chi connectivity index (χ1) is 11.7. The van der Waals surface area contributed by atoms with E-state index in [1.54, 1.807) is 13.0 Å². The first-order valence-electron chi connectivity index (χ1n) is 8.00. The molecule has 4 nitrogen and oxygen atoms in total. The second-order valence-corrected chi connectivity index (χ2v) is 5.72. The van der Waals surface area contributed by atoms with Crippen LogP contribution in [0.15, 0.2) is 60.7 Å². The Bertz CT molecular complexity index is 705. The van der Waals surface area contributed by atoms with Crippen LogP contribution in [0.1, 0.15) is 24.0 Å². The van der Waals surface area contributed by atoms with Crippen LogP contribution in [0.4, 0.5) is 4.79 Å². The molecule has 4 heteroatoms. The number of carbonyl (C=O) groups excluding carboxylic acids is 1. The molecule has 0 aliphatic heterocycles. The van der Waals surface area contributed by atoms with Crippen molar-refractivity contribution in [2.24, 2.45) is 0 Å². The maximum Gasteiger partial charge on any atom is 0.508 e. The van der Waals surface area contributed by atoms with E-state index < -0.39 is 12.3 Å². The lowest BCUT2D eigenvalue weighted by Gasteiger charge is -2.15. The molecule has 0 heterocycles. The van der Waals surface area contributed by atoms with Crippen molar-refractivity contribution in [3.05, 3.63) is 71.8 Å². The lowest BCUT2D eigenvalue weighted by molar-refractivity contribution is 0.0401. The molecule has 0 saturated heterocycles. The summed E-state index contributed by atoms with van der Waals surface area (Å²) in [7, 11) is 0. The molecule has 1 aliphatic carbocycles. The molecule has 1 atom stereocenters. The smallest absolute Gasteiger partial charge is 0.433 e. The minimum absolute atomic E-state index is 0.0215. The largest absolute Gasteiger partial charge is 0.508 e. The van der Waals surface area contributed by atoms with Crippen molar-refractivity contribution in [3.8, 4) is 11.1 Å². The van der Waals surface area contributed by atoms with E-state index in [2.05, 4.69) is 24.3 Å². The van der Waals surface area contributed by atoms with Gasteiger partial charge in [-0.2, -0.15) is 0 Å². The Morgan fingerprint density at radius 3 is 2.29 bits per heavy atom. The molecule has 24 heavy (non-hydrogen) atoms. The Balaban J connectivity index is 1.69. The van der Waals surface area contributed by atoms with Gasteiger partial charge in [0.1, 0.15) is 12.7 Å². The standard InChI is InChI=1S/C20H20O4/c1-14(7-6-12-21)24-20(22)23-13-19-17-10-4-2-8-15(17)16-9-3-5-11-18(16)19/h2-11,14,19,21H,12-13H2,1H3/b7-6-/t14-/m1/s1. The third-order valence-electron chi connectivity index (χ3n) is 4.13. The SMILES string of the molecule is C[C@H](/C=C\CO)OC(=O)OCC1c2ccccc2-c2ccccc21. The molecular formula is C20H20O4. The van der Waals surface area contributed by atoms with Gasteiger partial charge >= 0.3 is 6.16 Å². The minimum atomic E-state index is -0.702. The summed E-state index contributed by atoms with van der Waals surface area (Å²) in [6.07, 6.45) is 2.00. The highest BCUT2D eigenvalue weighted by molar-refractivity contribution is 5.78. The maximum absolute atomic E-state index is 11.9. The van der Waals surface area contributed by atoms with Gasteiger partial charge in [-0.05, 0) is 35.3 Å². The zero-order valence-electron chi connectivity index (χ0n) is 13.5. The molecule has 1 aliphatic rings. The van der Waals surface area contributed by atoms with Gasteiger partial charge in [-0.25, -0.2) is 4.79 Å². The zero-order chi connectivity index (χ0) is 16.9. The Kier molecular flexibility index (Phi) is 4.96. The average Bonchev–Trinajstić information content (AvgIpc) is 2.92. The molecule has 0 amide bonds. The van der Waals surface area contributed by atoms with Crippen LogP contribution < -0.4 is 0 Å². The molecule has 0 bridgehead atoms. The van der Waals surface area contributed by atoms with Crippen molar-refractivity contribution in [2.45, 2.75) is 18.9 Å². The monoisotopic (exact) mass is 324 g/mol. The number of aliphatic hydroxyl groups excluding tert-OH is 1. The van der Waals surface area contributed by atoms with E-state index in [1.807, 2.05) is 24.3 Å². The first kappa shape index (κ1) is 16.3. The molecule has 2 aromatic carbocycles. The summed E-state index contributed by atoms with van der Waals surface area (Å²) in [6, 6.07) is 16.4. The lowest BCUT2D eigenvalue weighted by Crippen LogP contribution is -2.17. The van der Waals surface area contributed by atoms with Gasteiger partial charge in [0.2, 0.25) is 0 Å². The van der Waals surface area contributed by atoms with Crippen LogP contribution in [-0.2, 0) is 9.47 Å². The number of hydrogen-bond donors (Lipinski definition) is 1. The fourth-order valence-corrected chi connectivity index (χ4v) is 3.07. The Morgan fingerprint density at radius 1 is 1.12 bits per heavy atom. The first-order valence-corrected chi connectivity index (χ1v) is 8.00. The summed E-state index contributed by atoms with van der Waals surface area (Å²) < 4.78 is 10.5. The fraction of sp³-hybridized carbons (Fsp3) is 0.250. The molecule has 0 aromatic heterocycles. The van der Waals surface area contributed by atoms with Crippen LogP contribution in [-0.4, -0.2) is 30.6 Å². The van der Waals surface area contributed by atoms with Gasteiger partial charge in [0.05, 0.1) is 6.61 Å². The normalized spacial score (nSPS) is 14.2. The van der Waals surface area contributed by atoms with E-state index in [-0.39, 0.29) is 19.1 Å².